The van der Waals surface area contributed by atoms with Crippen molar-refractivity contribution in [3.63, 3.8) is 0 Å². The third-order valence-electron chi connectivity index (χ3n) is 3.35. The lowest BCUT2D eigenvalue weighted by Crippen LogP contribution is -2.31. The third kappa shape index (κ3) is 3.25. The van der Waals surface area contributed by atoms with E-state index in [-0.39, 0.29) is 12.0 Å². The molecule has 2 rings (SSSR count). The van der Waals surface area contributed by atoms with Crippen molar-refractivity contribution >= 4 is 10.8 Å². The summed E-state index contributed by atoms with van der Waals surface area (Å²) in [6.45, 7) is 5.44. The van der Waals surface area contributed by atoms with Gasteiger partial charge in [-0.2, -0.15) is 0 Å². The van der Waals surface area contributed by atoms with E-state index >= 15 is 0 Å². The van der Waals surface area contributed by atoms with Crippen LogP contribution >= 0.6 is 0 Å². The number of nitrogens with one attached hydrogen (secondary N) is 1. The van der Waals surface area contributed by atoms with Gasteiger partial charge >= 0.3 is 0 Å². The summed E-state index contributed by atoms with van der Waals surface area (Å²) in [5.74, 6) is 0.313. The molecule has 3 nitrogen and oxygen atoms in total. The Morgan fingerprint density at radius 1 is 1.11 bits per heavy atom. The number of phenols is 1. The predicted molar refractivity (Wildman–Crippen MR) is 78.2 cm³/mol. The van der Waals surface area contributed by atoms with Crippen molar-refractivity contribution in [1.82, 2.24) is 5.32 Å². The summed E-state index contributed by atoms with van der Waals surface area (Å²) in [6, 6.07) is 11.7. The van der Waals surface area contributed by atoms with Gasteiger partial charge in [0.15, 0.2) is 0 Å². The highest BCUT2D eigenvalue weighted by Crippen LogP contribution is 2.27. The van der Waals surface area contributed by atoms with Crippen LogP contribution < -0.4 is 5.32 Å². The van der Waals surface area contributed by atoms with Gasteiger partial charge in [-0.25, -0.2) is 0 Å². The van der Waals surface area contributed by atoms with Crippen molar-refractivity contribution in [2.45, 2.75) is 20.4 Å². The van der Waals surface area contributed by atoms with E-state index in [1.54, 1.807) is 6.07 Å². The number of hydrogen-bond donors (Lipinski definition) is 3. The lowest BCUT2D eigenvalue weighted by molar-refractivity contribution is 0.156. The number of fused-ring (bicyclic) bond motifs is 1. The van der Waals surface area contributed by atoms with Crippen LogP contribution in [0, 0.1) is 5.41 Å². The summed E-state index contributed by atoms with van der Waals surface area (Å²) < 4.78 is 0. The molecule has 3 N–H and O–H groups in total. The zero-order chi connectivity index (χ0) is 13.9. The number of hydrogen-bond acceptors (Lipinski definition) is 3. The number of phenolic OH excluding ortho intramolecular Hbond substituents is 1. The summed E-state index contributed by atoms with van der Waals surface area (Å²) in [6.07, 6.45) is 0. The van der Waals surface area contributed by atoms with Gasteiger partial charge in [-0.15, -0.1) is 0 Å². The summed E-state index contributed by atoms with van der Waals surface area (Å²) >= 11 is 0. The number of rotatable bonds is 5. The highest BCUT2D eigenvalue weighted by Gasteiger charge is 2.16. The van der Waals surface area contributed by atoms with Crippen molar-refractivity contribution in [2.75, 3.05) is 13.2 Å². The Balaban J connectivity index is 2.18. The van der Waals surface area contributed by atoms with Gasteiger partial charge in [0.1, 0.15) is 5.75 Å². The van der Waals surface area contributed by atoms with Gasteiger partial charge in [0.05, 0.1) is 0 Å². The van der Waals surface area contributed by atoms with Gasteiger partial charge in [-0.05, 0) is 16.8 Å². The van der Waals surface area contributed by atoms with E-state index in [0.29, 0.717) is 18.8 Å². The van der Waals surface area contributed by atoms with Crippen LogP contribution in [0.15, 0.2) is 36.4 Å². The van der Waals surface area contributed by atoms with E-state index in [1.165, 1.54) is 0 Å². The maximum atomic E-state index is 10.0. The van der Waals surface area contributed by atoms with Crippen LogP contribution in [0.4, 0.5) is 0 Å². The van der Waals surface area contributed by atoms with Crippen molar-refractivity contribution in [3.05, 3.63) is 42.0 Å². The van der Waals surface area contributed by atoms with Crippen LogP contribution in [-0.2, 0) is 6.54 Å². The van der Waals surface area contributed by atoms with Crippen LogP contribution in [0.1, 0.15) is 19.4 Å². The first-order valence-electron chi connectivity index (χ1n) is 6.55. The SMILES string of the molecule is CC(C)(CO)CNCc1c(O)ccc2ccccc12. The van der Waals surface area contributed by atoms with E-state index in [0.717, 1.165) is 16.3 Å². The molecule has 3 heteroatoms. The largest absolute Gasteiger partial charge is 0.508 e. The van der Waals surface area contributed by atoms with E-state index < -0.39 is 0 Å². The molecule has 0 atom stereocenters. The van der Waals surface area contributed by atoms with Gasteiger partial charge in [-0.3, -0.25) is 0 Å². The third-order valence-corrected chi connectivity index (χ3v) is 3.35. The zero-order valence-electron chi connectivity index (χ0n) is 11.5. The molecule has 19 heavy (non-hydrogen) atoms. The number of aromatic hydroxyl groups is 1. The van der Waals surface area contributed by atoms with Crippen LogP contribution in [0.5, 0.6) is 5.75 Å². The van der Waals surface area contributed by atoms with Gasteiger partial charge in [0, 0.05) is 30.7 Å². The lowest BCUT2D eigenvalue weighted by atomic mass is 9.94. The first-order chi connectivity index (χ1) is 9.03. The molecule has 0 fully saturated rings. The fourth-order valence-corrected chi connectivity index (χ4v) is 2.09. The summed E-state index contributed by atoms with van der Waals surface area (Å²) in [4.78, 5) is 0. The molecule has 0 aliphatic rings. The second-order valence-corrected chi connectivity index (χ2v) is 5.71. The normalized spacial score (nSPS) is 11.9. The van der Waals surface area contributed by atoms with Gasteiger partial charge < -0.3 is 15.5 Å². The first-order valence-corrected chi connectivity index (χ1v) is 6.55. The molecule has 0 aromatic heterocycles. The second-order valence-electron chi connectivity index (χ2n) is 5.71. The number of aliphatic hydroxyl groups excluding tert-OH is 1. The van der Waals surface area contributed by atoms with E-state index in [9.17, 15) is 10.2 Å². The summed E-state index contributed by atoms with van der Waals surface area (Å²) in [7, 11) is 0. The smallest absolute Gasteiger partial charge is 0.120 e. The first kappa shape index (κ1) is 13.8. The minimum atomic E-state index is -0.153. The molecule has 0 aliphatic carbocycles. The van der Waals surface area contributed by atoms with Gasteiger partial charge in [-0.1, -0.05) is 44.2 Å². The van der Waals surface area contributed by atoms with E-state index in [2.05, 4.69) is 5.32 Å². The molecule has 102 valence electrons. The average molecular weight is 259 g/mol. The van der Waals surface area contributed by atoms with Crippen LogP contribution in [0.2, 0.25) is 0 Å². The van der Waals surface area contributed by atoms with E-state index in [4.69, 9.17) is 0 Å². The molecule has 0 aliphatic heterocycles. The molecular weight excluding hydrogens is 238 g/mol. The molecular formula is C16H21NO2. The number of aliphatic hydroxyl groups is 1. The molecule has 0 radical (unpaired) electrons. The molecule has 0 saturated heterocycles. The van der Waals surface area contributed by atoms with Crippen molar-refractivity contribution in [3.8, 4) is 5.75 Å². The fraction of sp³-hybridized carbons (Fsp3) is 0.375. The fourth-order valence-electron chi connectivity index (χ4n) is 2.09. The van der Waals surface area contributed by atoms with Crippen LogP contribution in [-0.4, -0.2) is 23.4 Å². The Labute approximate surface area is 113 Å². The highest BCUT2D eigenvalue weighted by atomic mass is 16.3. The summed E-state index contributed by atoms with van der Waals surface area (Å²) in [5, 5.41) is 24.7. The molecule has 2 aromatic rings. The van der Waals surface area contributed by atoms with Gasteiger partial charge in [0.25, 0.3) is 0 Å². The van der Waals surface area contributed by atoms with E-state index in [1.807, 2.05) is 44.2 Å². The maximum absolute atomic E-state index is 10.0. The number of benzene rings is 2. The average Bonchev–Trinajstić information content (AvgIpc) is 2.41. The lowest BCUT2D eigenvalue weighted by Gasteiger charge is -2.22. The van der Waals surface area contributed by atoms with Crippen molar-refractivity contribution in [1.29, 1.82) is 0 Å². The molecule has 0 unspecified atom stereocenters. The predicted octanol–water partition coefficient (Wildman–Crippen LogP) is 2.65. The Morgan fingerprint density at radius 3 is 2.58 bits per heavy atom. The van der Waals surface area contributed by atoms with Crippen molar-refractivity contribution in [2.24, 2.45) is 5.41 Å². The minimum Gasteiger partial charge on any atom is -0.508 e. The molecule has 0 bridgehead atoms. The Hall–Kier alpha value is -1.58. The Kier molecular flexibility index (Phi) is 4.08. The second kappa shape index (κ2) is 5.59. The minimum absolute atomic E-state index is 0.140. The summed E-state index contributed by atoms with van der Waals surface area (Å²) in [5.41, 5.74) is 0.757. The Morgan fingerprint density at radius 2 is 1.84 bits per heavy atom. The molecule has 0 saturated carbocycles. The molecule has 2 aromatic carbocycles. The maximum Gasteiger partial charge on any atom is 0.120 e. The van der Waals surface area contributed by atoms with Crippen LogP contribution in [0.3, 0.4) is 0 Å². The monoisotopic (exact) mass is 259 g/mol. The standard InChI is InChI=1S/C16H21NO2/c1-16(2,11-18)10-17-9-14-13-6-4-3-5-12(13)7-8-15(14)19/h3-8,17-19H,9-11H2,1-2H3. The molecule has 0 spiro atoms. The molecule has 0 heterocycles. The van der Waals surface area contributed by atoms with Crippen LogP contribution in [0.25, 0.3) is 10.8 Å². The topological polar surface area (TPSA) is 52.5 Å². The highest BCUT2D eigenvalue weighted by molar-refractivity contribution is 5.87. The van der Waals surface area contributed by atoms with Crippen molar-refractivity contribution < 1.29 is 10.2 Å². The molecule has 0 amide bonds. The van der Waals surface area contributed by atoms with Gasteiger partial charge in [0.2, 0.25) is 0 Å². The Bertz CT molecular complexity index is 564. The zero-order valence-corrected chi connectivity index (χ0v) is 11.5. The quantitative estimate of drug-likeness (QED) is 0.773.